The highest BCUT2D eigenvalue weighted by atomic mass is 16.2. The number of aryl methyl sites for hydroxylation is 2. The van der Waals surface area contributed by atoms with Crippen LogP contribution in [0.15, 0.2) is 61.1 Å². The summed E-state index contributed by atoms with van der Waals surface area (Å²) >= 11 is 0. The molecular weight excluding hydrogens is 336 g/mol. The molecule has 0 spiro atoms. The van der Waals surface area contributed by atoms with E-state index in [0.717, 1.165) is 35.3 Å². The van der Waals surface area contributed by atoms with Gasteiger partial charge in [-0.2, -0.15) is 0 Å². The molecule has 0 saturated heterocycles. The number of urea groups is 1. The highest BCUT2D eigenvalue weighted by Gasteiger charge is 2.07. The lowest BCUT2D eigenvalue weighted by Gasteiger charge is -2.11. The van der Waals surface area contributed by atoms with E-state index in [1.807, 2.05) is 50.4 Å². The maximum atomic E-state index is 12.2. The van der Waals surface area contributed by atoms with Gasteiger partial charge in [0, 0.05) is 25.1 Å². The molecule has 3 rings (SSSR count). The largest absolute Gasteiger partial charge is 0.334 e. The number of pyridine rings is 2. The number of benzene rings is 1. The number of nitrogens with one attached hydrogen (secondary N) is 2. The van der Waals surface area contributed by atoms with Crippen molar-refractivity contribution in [3.8, 4) is 0 Å². The Morgan fingerprint density at radius 2 is 1.67 bits per heavy atom. The van der Waals surface area contributed by atoms with E-state index in [9.17, 15) is 4.79 Å². The molecule has 2 heterocycles. The number of aromatic nitrogens is 2. The molecule has 3 aromatic rings. The average Bonchev–Trinajstić information content (AvgIpc) is 2.68. The van der Waals surface area contributed by atoms with Crippen molar-refractivity contribution in [3.05, 3.63) is 89.0 Å². The van der Waals surface area contributed by atoms with Crippen LogP contribution in [-0.4, -0.2) is 16.0 Å². The molecule has 0 aliphatic heterocycles. The van der Waals surface area contributed by atoms with Gasteiger partial charge in [-0.05, 0) is 60.2 Å². The Morgan fingerprint density at radius 3 is 2.37 bits per heavy atom. The summed E-state index contributed by atoms with van der Waals surface area (Å²) in [5, 5.41) is 5.80. The minimum atomic E-state index is -0.224. The Hall–Kier alpha value is -3.21. The molecule has 5 nitrogen and oxygen atoms in total. The first-order chi connectivity index (χ1) is 13.1. The van der Waals surface area contributed by atoms with Crippen molar-refractivity contribution in [2.24, 2.45) is 0 Å². The quantitative estimate of drug-likeness (QED) is 0.690. The summed E-state index contributed by atoms with van der Waals surface area (Å²) in [4.78, 5) is 20.6. The monoisotopic (exact) mass is 360 g/mol. The Labute approximate surface area is 159 Å². The third-order valence-corrected chi connectivity index (χ3v) is 4.32. The number of nitrogens with zero attached hydrogens (tertiary/aromatic N) is 2. The fraction of sp³-hybridized carbons (Fsp3) is 0.227. The van der Waals surface area contributed by atoms with Gasteiger partial charge in [0.15, 0.2) is 0 Å². The second-order valence-electron chi connectivity index (χ2n) is 6.52. The van der Waals surface area contributed by atoms with Gasteiger partial charge in [0.1, 0.15) is 0 Å². The van der Waals surface area contributed by atoms with Gasteiger partial charge in [-0.3, -0.25) is 9.97 Å². The summed E-state index contributed by atoms with van der Waals surface area (Å²) in [5.74, 6) is 0. The molecule has 0 atom stereocenters. The van der Waals surface area contributed by atoms with Crippen molar-refractivity contribution in [2.45, 2.75) is 33.2 Å². The van der Waals surface area contributed by atoms with Crippen LogP contribution in [0.5, 0.6) is 0 Å². The van der Waals surface area contributed by atoms with E-state index in [2.05, 4.69) is 32.7 Å². The molecule has 0 aliphatic rings. The SMILES string of the molecule is CCc1ncc(C)cc1NC(=O)NCc1ccc(Cc2ccncc2)cc1. The summed E-state index contributed by atoms with van der Waals surface area (Å²) in [6.45, 7) is 4.46. The molecule has 0 unspecified atom stereocenters. The van der Waals surface area contributed by atoms with Gasteiger partial charge < -0.3 is 10.6 Å². The van der Waals surface area contributed by atoms with Gasteiger partial charge in [0.05, 0.1) is 11.4 Å². The molecule has 1 aromatic carbocycles. The van der Waals surface area contributed by atoms with E-state index in [4.69, 9.17) is 0 Å². The number of carbonyl (C=O) groups is 1. The maximum absolute atomic E-state index is 12.2. The van der Waals surface area contributed by atoms with Crippen molar-refractivity contribution in [1.29, 1.82) is 0 Å². The van der Waals surface area contributed by atoms with Crippen LogP contribution < -0.4 is 10.6 Å². The zero-order chi connectivity index (χ0) is 19.1. The van der Waals surface area contributed by atoms with Crippen molar-refractivity contribution >= 4 is 11.7 Å². The van der Waals surface area contributed by atoms with E-state index in [-0.39, 0.29) is 6.03 Å². The van der Waals surface area contributed by atoms with Gasteiger partial charge in [-0.1, -0.05) is 31.2 Å². The fourth-order valence-electron chi connectivity index (χ4n) is 2.85. The first-order valence-corrected chi connectivity index (χ1v) is 9.11. The van der Waals surface area contributed by atoms with Crippen molar-refractivity contribution in [3.63, 3.8) is 0 Å². The Bertz CT molecular complexity index is 892. The van der Waals surface area contributed by atoms with Gasteiger partial charge in [0.25, 0.3) is 0 Å². The molecule has 138 valence electrons. The fourth-order valence-corrected chi connectivity index (χ4v) is 2.85. The van der Waals surface area contributed by atoms with Crippen molar-refractivity contribution in [1.82, 2.24) is 15.3 Å². The predicted octanol–water partition coefficient (Wildman–Crippen LogP) is 4.26. The number of hydrogen-bond donors (Lipinski definition) is 2. The second kappa shape index (κ2) is 8.94. The number of carbonyl (C=O) groups excluding carboxylic acids is 1. The summed E-state index contributed by atoms with van der Waals surface area (Å²) in [6, 6.07) is 14.0. The summed E-state index contributed by atoms with van der Waals surface area (Å²) in [6.07, 6.45) is 7.07. The zero-order valence-electron chi connectivity index (χ0n) is 15.7. The lowest BCUT2D eigenvalue weighted by molar-refractivity contribution is 0.251. The van der Waals surface area contributed by atoms with Crippen LogP contribution in [0.4, 0.5) is 10.5 Å². The lowest BCUT2D eigenvalue weighted by atomic mass is 10.0. The first kappa shape index (κ1) is 18.6. The zero-order valence-corrected chi connectivity index (χ0v) is 15.7. The topological polar surface area (TPSA) is 66.9 Å². The highest BCUT2D eigenvalue weighted by molar-refractivity contribution is 5.89. The molecule has 0 saturated carbocycles. The van der Waals surface area contributed by atoms with Gasteiger partial charge in [0.2, 0.25) is 0 Å². The van der Waals surface area contributed by atoms with Crippen LogP contribution >= 0.6 is 0 Å². The summed E-state index contributed by atoms with van der Waals surface area (Å²) < 4.78 is 0. The van der Waals surface area contributed by atoms with Crippen LogP contribution in [-0.2, 0) is 19.4 Å². The standard InChI is InChI=1S/C22H24N4O/c1-3-20-21(12-16(2)14-24-20)26-22(27)25-15-19-6-4-17(5-7-19)13-18-8-10-23-11-9-18/h4-12,14H,3,13,15H2,1-2H3,(H2,25,26,27). The third kappa shape index (κ3) is 5.38. The maximum Gasteiger partial charge on any atom is 0.319 e. The second-order valence-corrected chi connectivity index (χ2v) is 6.52. The minimum absolute atomic E-state index is 0.224. The molecule has 0 fully saturated rings. The molecule has 0 bridgehead atoms. The number of hydrogen-bond acceptors (Lipinski definition) is 3. The Morgan fingerprint density at radius 1 is 1.00 bits per heavy atom. The van der Waals surface area contributed by atoms with Gasteiger partial charge >= 0.3 is 6.03 Å². The van der Waals surface area contributed by atoms with Crippen LogP contribution in [0.3, 0.4) is 0 Å². The van der Waals surface area contributed by atoms with Crippen molar-refractivity contribution < 1.29 is 4.79 Å². The number of rotatable bonds is 6. The normalized spacial score (nSPS) is 10.4. The van der Waals surface area contributed by atoms with Gasteiger partial charge in [-0.15, -0.1) is 0 Å². The van der Waals surface area contributed by atoms with E-state index in [1.54, 1.807) is 12.4 Å². The van der Waals surface area contributed by atoms with Crippen molar-refractivity contribution in [2.75, 3.05) is 5.32 Å². The van der Waals surface area contributed by atoms with Crippen LogP contribution in [0.2, 0.25) is 0 Å². The first-order valence-electron chi connectivity index (χ1n) is 9.11. The lowest BCUT2D eigenvalue weighted by Crippen LogP contribution is -2.28. The number of anilines is 1. The van der Waals surface area contributed by atoms with Crippen LogP contribution in [0.1, 0.15) is 34.9 Å². The molecule has 0 radical (unpaired) electrons. The number of amides is 2. The minimum Gasteiger partial charge on any atom is -0.334 e. The molecule has 5 heteroatoms. The predicted molar refractivity (Wildman–Crippen MR) is 108 cm³/mol. The van der Waals surface area contributed by atoms with E-state index >= 15 is 0 Å². The third-order valence-electron chi connectivity index (χ3n) is 4.32. The molecule has 2 aromatic heterocycles. The smallest absolute Gasteiger partial charge is 0.319 e. The average molecular weight is 360 g/mol. The van der Waals surface area contributed by atoms with E-state index < -0.39 is 0 Å². The van der Waals surface area contributed by atoms with E-state index in [0.29, 0.717) is 6.54 Å². The van der Waals surface area contributed by atoms with Crippen LogP contribution in [0.25, 0.3) is 0 Å². The Balaban J connectivity index is 1.54. The summed E-state index contributed by atoms with van der Waals surface area (Å²) in [5.41, 5.74) is 6.19. The Kier molecular flexibility index (Phi) is 6.15. The molecule has 27 heavy (non-hydrogen) atoms. The van der Waals surface area contributed by atoms with Crippen LogP contribution in [0, 0.1) is 6.92 Å². The van der Waals surface area contributed by atoms with E-state index in [1.165, 1.54) is 11.1 Å². The highest BCUT2D eigenvalue weighted by Crippen LogP contribution is 2.15. The molecule has 2 N–H and O–H groups in total. The molecular formula is C22H24N4O. The summed E-state index contributed by atoms with van der Waals surface area (Å²) in [7, 11) is 0. The molecule has 0 aliphatic carbocycles. The van der Waals surface area contributed by atoms with Gasteiger partial charge in [-0.25, -0.2) is 4.79 Å². The molecule has 2 amide bonds.